The number of morpholine rings is 1. The predicted molar refractivity (Wildman–Crippen MR) is 95.4 cm³/mol. The lowest BCUT2D eigenvalue weighted by atomic mass is 10.0. The smallest absolute Gasteiger partial charge is 0.116 e. The molecule has 2 saturated heterocycles. The summed E-state index contributed by atoms with van der Waals surface area (Å²) in [6, 6.07) is 10.6. The normalized spacial score (nSPS) is 25.1. The van der Waals surface area contributed by atoms with Crippen molar-refractivity contribution in [2.75, 3.05) is 46.0 Å². The van der Waals surface area contributed by atoms with Gasteiger partial charge >= 0.3 is 0 Å². The van der Waals surface area contributed by atoms with Crippen LogP contribution in [0, 0.1) is 0 Å². The van der Waals surface area contributed by atoms with Crippen LogP contribution >= 0.6 is 0 Å². The van der Waals surface area contributed by atoms with E-state index in [1.807, 2.05) is 23.1 Å². The lowest BCUT2D eigenvalue weighted by Gasteiger charge is -2.42. The van der Waals surface area contributed by atoms with Gasteiger partial charge < -0.3 is 14.8 Å². The molecule has 2 aromatic rings. The summed E-state index contributed by atoms with van der Waals surface area (Å²) >= 11 is 0. The van der Waals surface area contributed by atoms with Crippen molar-refractivity contribution in [3.05, 3.63) is 53.9 Å². The van der Waals surface area contributed by atoms with E-state index in [0.29, 0.717) is 6.61 Å². The number of nitrogens with one attached hydrogen (secondary N) is 1. The number of hydrogen-bond acceptors (Lipinski definition) is 5. The molecule has 0 aliphatic carbocycles. The molecule has 4 rings (SSSR count). The molecular weight excluding hydrogens is 316 g/mol. The SMILES string of the molecule is c1ccc(Cn2cccn2)c(CN2CCOC3(CNCCOC3)C2)c1. The van der Waals surface area contributed by atoms with Crippen molar-refractivity contribution in [1.29, 1.82) is 0 Å². The Morgan fingerprint density at radius 1 is 1.12 bits per heavy atom. The molecule has 25 heavy (non-hydrogen) atoms. The van der Waals surface area contributed by atoms with E-state index < -0.39 is 0 Å². The van der Waals surface area contributed by atoms with Gasteiger partial charge in [-0.05, 0) is 17.2 Å². The zero-order valence-corrected chi connectivity index (χ0v) is 14.6. The second kappa shape index (κ2) is 7.66. The van der Waals surface area contributed by atoms with Gasteiger partial charge in [-0.1, -0.05) is 24.3 Å². The number of benzene rings is 1. The number of rotatable bonds is 4. The van der Waals surface area contributed by atoms with Gasteiger partial charge in [0.25, 0.3) is 0 Å². The third-order valence-electron chi connectivity index (χ3n) is 4.97. The lowest BCUT2D eigenvalue weighted by Crippen LogP contribution is -2.57. The molecule has 1 spiro atoms. The van der Waals surface area contributed by atoms with Crippen LogP contribution in [0.5, 0.6) is 0 Å². The fourth-order valence-electron chi connectivity index (χ4n) is 3.70. The van der Waals surface area contributed by atoms with Gasteiger partial charge in [0.1, 0.15) is 5.60 Å². The maximum Gasteiger partial charge on any atom is 0.116 e. The number of nitrogens with zero attached hydrogens (tertiary/aromatic N) is 3. The van der Waals surface area contributed by atoms with Crippen LogP contribution in [0.4, 0.5) is 0 Å². The summed E-state index contributed by atoms with van der Waals surface area (Å²) in [5, 5.41) is 7.78. The van der Waals surface area contributed by atoms with Gasteiger partial charge in [-0.2, -0.15) is 5.10 Å². The van der Waals surface area contributed by atoms with Gasteiger partial charge in [0, 0.05) is 45.1 Å². The summed E-state index contributed by atoms with van der Waals surface area (Å²) in [7, 11) is 0. The van der Waals surface area contributed by atoms with Gasteiger partial charge in [0.05, 0.1) is 26.4 Å². The number of ether oxygens (including phenoxy) is 2. The summed E-state index contributed by atoms with van der Waals surface area (Å²) in [6.45, 7) is 7.55. The average Bonchev–Trinajstić information content (AvgIpc) is 3.04. The zero-order chi connectivity index (χ0) is 17.0. The van der Waals surface area contributed by atoms with Crippen molar-refractivity contribution >= 4 is 0 Å². The van der Waals surface area contributed by atoms with E-state index in [2.05, 4.69) is 39.6 Å². The molecule has 0 saturated carbocycles. The Labute approximate surface area is 148 Å². The molecule has 1 atom stereocenters. The van der Waals surface area contributed by atoms with Crippen LogP contribution in [0.15, 0.2) is 42.7 Å². The van der Waals surface area contributed by atoms with Crippen molar-refractivity contribution in [2.45, 2.75) is 18.7 Å². The first kappa shape index (κ1) is 16.7. The first-order valence-electron chi connectivity index (χ1n) is 9.02. The van der Waals surface area contributed by atoms with Crippen LogP contribution in [0.25, 0.3) is 0 Å². The summed E-state index contributed by atoms with van der Waals surface area (Å²) in [6.07, 6.45) is 3.84. The average molecular weight is 342 g/mol. The van der Waals surface area contributed by atoms with Crippen LogP contribution in [0.3, 0.4) is 0 Å². The highest BCUT2D eigenvalue weighted by atomic mass is 16.5. The maximum atomic E-state index is 6.13. The maximum absolute atomic E-state index is 6.13. The Morgan fingerprint density at radius 2 is 2.00 bits per heavy atom. The standard InChI is InChI=1S/C19H26N4O2/c1-2-5-18(13-23-8-3-6-21-23)17(4-1)12-22-9-11-25-19(15-22)14-20-7-10-24-16-19/h1-6,8,20H,7,9-16H2. The fourth-order valence-corrected chi connectivity index (χ4v) is 3.70. The van der Waals surface area contributed by atoms with Crippen LogP contribution in [-0.2, 0) is 22.6 Å². The van der Waals surface area contributed by atoms with Crippen LogP contribution < -0.4 is 5.32 Å². The quantitative estimate of drug-likeness (QED) is 0.902. The van der Waals surface area contributed by atoms with E-state index in [1.165, 1.54) is 11.1 Å². The first-order valence-corrected chi connectivity index (χ1v) is 9.02. The largest absolute Gasteiger partial charge is 0.377 e. The predicted octanol–water partition coefficient (Wildman–Crippen LogP) is 1.12. The third kappa shape index (κ3) is 4.10. The third-order valence-corrected chi connectivity index (χ3v) is 4.97. The van der Waals surface area contributed by atoms with Gasteiger partial charge in [-0.3, -0.25) is 9.58 Å². The second-order valence-electron chi connectivity index (χ2n) is 6.94. The van der Waals surface area contributed by atoms with Crippen LogP contribution in [-0.4, -0.2) is 66.3 Å². The Bertz CT molecular complexity index is 666. The monoisotopic (exact) mass is 342 g/mol. The van der Waals surface area contributed by atoms with Crippen molar-refractivity contribution in [3.8, 4) is 0 Å². The van der Waals surface area contributed by atoms with E-state index in [0.717, 1.165) is 52.5 Å². The molecule has 3 heterocycles. The molecule has 134 valence electrons. The molecule has 1 aromatic heterocycles. The van der Waals surface area contributed by atoms with Crippen molar-refractivity contribution in [1.82, 2.24) is 20.0 Å². The van der Waals surface area contributed by atoms with Crippen LogP contribution in [0.1, 0.15) is 11.1 Å². The second-order valence-corrected chi connectivity index (χ2v) is 6.94. The Morgan fingerprint density at radius 3 is 2.84 bits per heavy atom. The molecule has 1 N–H and O–H groups in total. The van der Waals surface area contributed by atoms with Gasteiger partial charge in [0.2, 0.25) is 0 Å². The first-order chi connectivity index (χ1) is 12.3. The molecule has 6 heteroatoms. The highest BCUT2D eigenvalue weighted by molar-refractivity contribution is 5.27. The summed E-state index contributed by atoms with van der Waals surface area (Å²) < 4.78 is 13.9. The molecule has 1 aromatic carbocycles. The topological polar surface area (TPSA) is 51.5 Å². The highest BCUT2D eigenvalue weighted by Crippen LogP contribution is 2.22. The minimum Gasteiger partial charge on any atom is -0.377 e. The van der Waals surface area contributed by atoms with Gasteiger partial charge in [-0.15, -0.1) is 0 Å². The van der Waals surface area contributed by atoms with Gasteiger partial charge in [-0.25, -0.2) is 0 Å². The van der Waals surface area contributed by atoms with E-state index in [1.54, 1.807) is 0 Å². The van der Waals surface area contributed by atoms with Gasteiger partial charge in [0.15, 0.2) is 0 Å². The molecule has 6 nitrogen and oxygen atoms in total. The summed E-state index contributed by atoms with van der Waals surface area (Å²) in [4.78, 5) is 2.49. The summed E-state index contributed by atoms with van der Waals surface area (Å²) in [5.41, 5.74) is 2.46. The molecule has 2 aliphatic rings. The molecule has 2 aliphatic heterocycles. The Kier molecular flexibility index (Phi) is 5.12. The molecular formula is C19H26N4O2. The van der Waals surface area contributed by atoms with E-state index >= 15 is 0 Å². The van der Waals surface area contributed by atoms with Crippen molar-refractivity contribution in [3.63, 3.8) is 0 Å². The molecule has 2 fully saturated rings. The van der Waals surface area contributed by atoms with Crippen molar-refractivity contribution < 1.29 is 9.47 Å². The van der Waals surface area contributed by atoms with Crippen LogP contribution in [0.2, 0.25) is 0 Å². The molecule has 0 bridgehead atoms. The van der Waals surface area contributed by atoms with E-state index in [-0.39, 0.29) is 5.60 Å². The number of hydrogen-bond donors (Lipinski definition) is 1. The number of aromatic nitrogens is 2. The minimum atomic E-state index is -0.217. The van der Waals surface area contributed by atoms with E-state index in [4.69, 9.17) is 9.47 Å². The lowest BCUT2D eigenvalue weighted by molar-refractivity contribution is -0.135. The van der Waals surface area contributed by atoms with E-state index in [9.17, 15) is 0 Å². The Balaban J connectivity index is 1.46. The Hall–Kier alpha value is -1.73. The summed E-state index contributed by atoms with van der Waals surface area (Å²) in [5.74, 6) is 0. The minimum absolute atomic E-state index is 0.217. The fraction of sp³-hybridized carbons (Fsp3) is 0.526. The zero-order valence-electron chi connectivity index (χ0n) is 14.6. The molecule has 1 unspecified atom stereocenters. The molecule has 0 amide bonds. The molecule has 0 radical (unpaired) electrons. The van der Waals surface area contributed by atoms with Crippen molar-refractivity contribution in [2.24, 2.45) is 0 Å². The highest BCUT2D eigenvalue weighted by Gasteiger charge is 2.38.